The molecule has 40 heavy (non-hydrogen) atoms. The number of carbonyl (C=O) groups excluding carboxylic acids is 1. The molecule has 0 radical (unpaired) electrons. The molecule has 2 N–H and O–H groups in total. The van der Waals surface area contributed by atoms with Crippen LogP contribution in [0.25, 0.3) is 0 Å². The fourth-order valence-corrected chi connectivity index (χ4v) is 5.75. The summed E-state index contributed by atoms with van der Waals surface area (Å²) in [6.07, 6.45) is 2.29. The Bertz CT molecular complexity index is 1420. The van der Waals surface area contributed by atoms with E-state index in [9.17, 15) is 13.6 Å². The topological polar surface area (TPSA) is 60.0 Å². The van der Waals surface area contributed by atoms with Gasteiger partial charge in [0.1, 0.15) is 17.5 Å². The van der Waals surface area contributed by atoms with Gasteiger partial charge in [0.25, 0.3) is 5.91 Å². The first-order valence-electron chi connectivity index (χ1n) is 14.1. The standard InChI is InChI=1S/C32H35F2N5O/c1-38-8-10-39(11-9-38)28-6-7-29(24(16-28)4-3-22-18-35-19-22)32(40)37-31-30-15-21(2-5-25(30)20-36-31)12-23-13-26(33)17-27(34)14-23/h2,5-7,13-17,22,35H,3-4,8-12,18-20H2,1H3,(H,36,37,40). The molecular formula is C32H35F2N5O. The first-order chi connectivity index (χ1) is 19.4. The van der Waals surface area contributed by atoms with Crippen molar-refractivity contribution in [3.05, 3.63) is 99.6 Å². The number of piperazine rings is 1. The number of likely N-dealkylation sites (N-methyl/N-ethyl adjacent to an activating group) is 1. The molecule has 2 fully saturated rings. The molecule has 8 heteroatoms. The number of carbonyl (C=O) groups is 1. The van der Waals surface area contributed by atoms with Gasteiger partial charge in [0, 0.05) is 49.1 Å². The minimum Gasteiger partial charge on any atom is -0.369 e. The van der Waals surface area contributed by atoms with Crippen molar-refractivity contribution in [2.45, 2.75) is 25.8 Å². The molecule has 3 aromatic rings. The van der Waals surface area contributed by atoms with E-state index in [1.54, 1.807) is 0 Å². The van der Waals surface area contributed by atoms with Gasteiger partial charge in [-0.1, -0.05) is 12.1 Å². The van der Waals surface area contributed by atoms with Crippen LogP contribution in [-0.4, -0.2) is 63.0 Å². The zero-order chi connectivity index (χ0) is 27.6. The third-order valence-corrected chi connectivity index (χ3v) is 8.29. The molecule has 0 aliphatic carbocycles. The number of nitrogens with zero attached hydrogens (tertiary/aromatic N) is 3. The van der Waals surface area contributed by atoms with E-state index >= 15 is 0 Å². The van der Waals surface area contributed by atoms with E-state index in [2.05, 4.69) is 44.6 Å². The van der Waals surface area contributed by atoms with Gasteiger partial charge in [0.2, 0.25) is 0 Å². The highest BCUT2D eigenvalue weighted by Crippen LogP contribution is 2.26. The zero-order valence-electron chi connectivity index (χ0n) is 22.9. The summed E-state index contributed by atoms with van der Waals surface area (Å²) >= 11 is 0. The molecule has 2 saturated heterocycles. The predicted molar refractivity (Wildman–Crippen MR) is 154 cm³/mol. The summed E-state index contributed by atoms with van der Waals surface area (Å²) in [4.78, 5) is 23.0. The Morgan fingerprint density at radius 3 is 2.48 bits per heavy atom. The monoisotopic (exact) mass is 543 g/mol. The fourth-order valence-electron chi connectivity index (χ4n) is 5.75. The maximum atomic E-state index is 13.7. The molecule has 3 aliphatic rings. The number of rotatable bonds is 7. The average molecular weight is 544 g/mol. The van der Waals surface area contributed by atoms with Gasteiger partial charge in [-0.05, 0) is 104 Å². The second kappa shape index (κ2) is 11.5. The molecule has 0 spiro atoms. The van der Waals surface area contributed by atoms with E-state index in [0.29, 0.717) is 35.8 Å². The van der Waals surface area contributed by atoms with Gasteiger partial charge in [-0.3, -0.25) is 9.79 Å². The zero-order valence-corrected chi connectivity index (χ0v) is 22.9. The number of hydrogen-bond donors (Lipinski definition) is 2. The van der Waals surface area contributed by atoms with E-state index < -0.39 is 11.6 Å². The van der Waals surface area contributed by atoms with Crippen molar-refractivity contribution in [1.82, 2.24) is 15.5 Å². The second-order valence-corrected chi connectivity index (χ2v) is 11.3. The number of aryl methyl sites for hydroxylation is 1. The Kier molecular flexibility index (Phi) is 7.63. The van der Waals surface area contributed by atoms with Crippen LogP contribution in [0.15, 0.2) is 59.6 Å². The van der Waals surface area contributed by atoms with Crippen molar-refractivity contribution < 1.29 is 13.6 Å². The van der Waals surface area contributed by atoms with Gasteiger partial charge < -0.3 is 20.4 Å². The summed E-state index contributed by atoms with van der Waals surface area (Å²) in [6.45, 7) is 6.58. The van der Waals surface area contributed by atoms with Gasteiger partial charge in [0.15, 0.2) is 0 Å². The van der Waals surface area contributed by atoms with Crippen molar-refractivity contribution in [2.24, 2.45) is 10.9 Å². The minimum absolute atomic E-state index is 0.157. The first-order valence-corrected chi connectivity index (χ1v) is 14.1. The third kappa shape index (κ3) is 5.93. The lowest BCUT2D eigenvalue weighted by atomic mass is 9.92. The SMILES string of the molecule is CN1CCN(c2ccc(C(=O)NC3=NCc4ccc(Cc5cc(F)cc(F)c5)cc43)c(CCC3CNC3)c2)CC1. The van der Waals surface area contributed by atoms with Gasteiger partial charge in [-0.15, -0.1) is 0 Å². The normalized spacial score (nSPS) is 17.4. The van der Waals surface area contributed by atoms with Crippen molar-refractivity contribution >= 4 is 17.4 Å². The molecule has 3 aliphatic heterocycles. The number of nitrogens with one attached hydrogen (secondary N) is 2. The van der Waals surface area contributed by atoms with Crippen molar-refractivity contribution in [3.8, 4) is 0 Å². The number of fused-ring (bicyclic) bond motifs is 1. The highest BCUT2D eigenvalue weighted by molar-refractivity contribution is 6.14. The molecule has 208 valence electrons. The Morgan fingerprint density at radius 1 is 0.975 bits per heavy atom. The Labute approximate surface area is 234 Å². The minimum atomic E-state index is -0.589. The summed E-state index contributed by atoms with van der Waals surface area (Å²) in [5, 5.41) is 6.42. The van der Waals surface area contributed by atoms with Crippen LogP contribution in [0, 0.1) is 17.6 Å². The summed E-state index contributed by atoms with van der Waals surface area (Å²) in [7, 11) is 2.15. The van der Waals surface area contributed by atoms with Gasteiger partial charge in [-0.25, -0.2) is 8.78 Å². The van der Waals surface area contributed by atoms with Gasteiger partial charge >= 0.3 is 0 Å². The quantitative estimate of drug-likeness (QED) is 0.470. The van der Waals surface area contributed by atoms with Gasteiger partial charge in [-0.2, -0.15) is 0 Å². The molecular weight excluding hydrogens is 508 g/mol. The second-order valence-electron chi connectivity index (χ2n) is 11.3. The van der Waals surface area contributed by atoms with Crippen LogP contribution in [0.4, 0.5) is 14.5 Å². The van der Waals surface area contributed by atoms with Crippen molar-refractivity contribution in [3.63, 3.8) is 0 Å². The lowest BCUT2D eigenvalue weighted by Gasteiger charge is -2.34. The van der Waals surface area contributed by atoms with Crippen LogP contribution in [0.1, 0.15) is 44.6 Å². The third-order valence-electron chi connectivity index (χ3n) is 8.29. The van der Waals surface area contributed by atoms with E-state index in [1.165, 1.54) is 17.8 Å². The Morgan fingerprint density at radius 2 is 1.75 bits per heavy atom. The summed E-state index contributed by atoms with van der Waals surface area (Å²) in [6, 6.07) is 15.7. The Hall–Kier alpha value is -3.62. The predicted octanol–water partition coefficient (Wildman–Crippen LogP) is 4.15. The number of hydrogen-bond acceptors (Lipinski definition) is 5. The molecule has 0 aromatic heterocycles. The summed E-state index contributed by atoms with van der Waals surface area (Å²) < 4.78 is 27.4. The highest BCUT2D eigenvalue weighted by Gasteiger charge is 2.23. The van der Waals surface area contributed by atoms with Crippen LogP contribution in [0.3, 0.4) is 0 Å². The molecule has 3 aromatic carbocycles. The molecule has 1 amide bonds. The van der Waals surface area contributed by atoms with Crippen LogP contribution in [-0.2, 0) is 19.4 Å². The number of benzene rings is 3. The van der Waals surface area contributed by atoms with E-state index in [0.717, 1.165) is 80.4 Å². The number of amides is 1. The largest absolute Gasteiger partial charge is 0.369 e. The molecule has 6 nitrogen and oxygen atoms in total. The molecule has 3 heterocycles. The average Bonchev–Trinajstić information content (AvgIpc) is 3.29. The molecule has 0 atom stereocenters. The number of amidine groups is 1. The molecule has 6 rings (SSSR count). The van der Waals surface area contributed by atoms with Crippen LogP contribution in [0.5, 0.6) is 0 Å². The number of aliphatic imine (C=N–C) groups is 1. The summed E-state index contributed by atoms with van der Waals surface area (Å²) in [5.41, 5.74) is 6.28. The molecule has 0 unspecified atom stereocenters. The Balaban J connectivity index is 1.20. The van der Waals surface area contributed by atoms with Gasteiger partial charge in [0.05, 0.1) is 6.54 Å². The molecule has 0 bridgehead atoms. The van der Waals surface area contributed by atoms with E-state index in [-0.39, 0.29) is 5.91 Å². The number of halogens is 2. The van der Waals surface area contributed by atoms with Crippen molar-refractivity contribution in [1.29, 1.82) is 0 Å². The van der Waals surface area contributed by atoms with E-state index in [4.69, 9.17) is 0 Å². The van der Waals surface area contributed by atoms with Crippen LogP contribution >= 0.6 is 0 Å². The maximum absolute atomic E-state index is 13.7. The lowest BCUT2D eigenvalue weighted by Crippen LogP contribution is -2.44. The molecule has 0 saturated carbocycles. The summed E-state index contributed by atoms with van der Waals surface area (Å²) in [5.74, 6) is -0.137. The van der Waals surface area contributed by atoms with Crippen LogP contribution in [0.2, 0.25) is 0 Å². The smallest absolute Gasteiger partial charge is 0.257 e. The maximum Gasteiger partial charge on any atom is 0.257 e. The fraction of sp³-hybridized carbons (Fsp3) is 0.375. The highest BCUT2D eigenvalue weighted by atomic mass is 19.1. The number of anilines is 1. The first kappa shape index (κ1) is 26.6. The van der Waals surface area contributed by atoms with Crippen LogP contribution < -0.4 is 15.5 Å². The lowest BCUT2D eigenvalue weighted by molar-refractivity contribution is 0.0976. The van der Waals surface area contributed by atoms with Crippen molar-refractivity contribution in [2.75, 3.05) is 51.2 Å². The van der Waals surface area contributed by atoms with E-state index in [1.807, 2.05) is 24.3 Å².